The first-order chi connectivity index (χ1) is 10.2. The Bertz CT molecular complexity index is 626. The van der Waals surface area contributed by atoms with Crippen molar-refractivity contribution in [2.45, 2.75) is 26.5 Å². The molecule has 0 aliphatic rings. The Balaban J connectivity index is 2.03. The Kier molecular flexibility index (Phi) is 4.70. The summed E-state index contributed by atoms with van der Waals surface area (Å²) in [5.74, 6) is 0.0582. The lowest BCUT2D eigenvalue weighted by Gasteiger charge is -2.07. The zero-order valence-corrected chi connectivity index (χ0v) is 11.8. The first-order valence-electron chi connectivity index (χ1n) is 6.45. The van der Waals surface area contributed by atoms with Crippen LogP contribution in [0.15, 0.2) is 18.2 Å². The number of aryl methyl sites for hydroxylation is 1. The summed E-state index contributed by atoms with van der Waals surface area (Å²) in [6.07, 6.45) is 0.866. The number of esters is 1. The fourth-order valence-corrected chi connectivity index (χ4v) is 1.73. The molecule has 2 aromatic rings. The second kappa shape index (κ2) is 6.69. The molecule has 0 saturated heterocycles. The van der Waals surface area contributed by atoms with Crippen molar-refractivity contribution in [3.05, 3.63) is 29.6 Å². The summed E-state index contributed by atoms with van der Waals surface area (Å²) >= 11 is 0. The summed E-state index contributed by atoms with van der Waals surface area (Å²) in [5, 5.41) is 20.9. The Hall–Kier alpha value is -2.64. The molecule has 0 fully saturated rings. The molecule has 0 aliphatic carbocycles. The third-order valence-electron chi connectivity index (χ3n) is 2.80. The summed E-state index contributed by atoms with van der Waals surface area (Å²) < 4.78 is 11.6. The SMILES string of the molecule is CCCn1nnnc1COC(=O)c1ccc(OC)cc1O. The average molecular weight is 292 g/mol. The number of carbonyl (C=O) groups excluding carboxylic acids is 1. The zero-order valence-electron chi connectivity index (χ0n) is 11.8. The Morgan fingerprint density at radius 3 is 2.90 bits per heavy atom. The molecule has 0 aliphatic heterocycles. The number of aromatic nitrogens is 4. The minimum atomic E-state index is -0.652. The van der Waals surface area contributed by atoms with E-state index in [1.165, 1.54) is 19.2 Å². The predicted molar refractivity (Wildman–Crippen MR) is 71.9 cm³/mol. The van der Waals surface area contributed by atoms with E-state index in [1.54, 1.807) is 10.7 Å². The van der Waals surface area contributed by atoms with Crippen LogP contribution >= 0.6 is 0 Å². The van der Waals surface area contributed by atoms with Gasteiger partial charge in [0.05, 0.1) is 7.11 Å². The van der Waals surface area contributed by atoms with Crippen LogP contribution in [0.1, 0.15) is 29.5 Å². The largest absolute Gasteiger partial charge is 0.507 e. The quantitative estimate of drug-likeness (QED) is 0.797. The maximum absolute atomic E-state index is 11.9. The van der Waals surface area contributed by atoms with Gasteiger partial charge in [0.15, 0.2) is 12.4 Å². The number of phenols is 1. The summed E-state index contributed by atoms with van der Waals surface area (Å²) in [5.41, 5.74) is 0.0605. The van der Waals surface area contributed by atoms with E-state index in [2.05, 4.69) is 15.5 Å². The zero-order chi connectivity index (χ0) is 15.2. The predicted octanol–water partition coefficient (Wildman–Crippen LogP) is 1.15. The highest BCUT2D eigenvalue weighted by molar-refractivity contribution is 5.92. The molecule has 1 N–H and O–H groups in total. The molecule has 8 heteroatoms. The fraction of sp³-hybridized carbons (Fsp3) is 0.385. The Morgan fingerprint density at radius 1 is 1.43 bits per heavy atom. The van der Waals surface area contributed by atoms with Crippen molar-refractivity contribution in [1.82, 2.24) is 20.2 Å². The van der Waals surface area contributed by atoms with Crippen molar-refractivity contribution in [2.75, 3.05) is 7.11 Å². The van der Waals surface area contributed by atoms with Crippen molar-refractivity contribution in [3.8, 4) is 11.5 Å². The number of nitrogens with zero attached hydrogens (tertiary/aromatic N) is 4. The van der Waals surface area contributed by atoms with Gasteiger partial charge < -0.3 is 14.6 Å². The van der Waals surface area contributed by atoms with E-state index in [0.717, 1.165) is 6.42 Å². The van der Waals surface area contributed by atoms with E-state index < -0.39 is 5.97 Å². The maximum atomic E-state index is 11.9. The topological polar surface area (TPSA) is 99.4 Å². The molecule has 1 aromatic carbocycles. The van der Waals surface area contributed by atoms with Crippen molar-refractivity contribution >= 4 is 5.97 Å². The second-order valence-corrected chi connectivity index (χ2v) is 4.28. The number of ether oxygens (including phenoxy) is 2. The van der Waals surface area contributed by atoms with Gasteiger partial charge in [-0.05, 0) is 29.0 Å². The van der Waals surface area contributed by atoms with Crippen molar-refractivity contribution in [1.29, 1.82) is 0 Å². The van der Waals surface area contributed by atoms with Gasteiger partial charge in [-0.1, -0.05) is 6.92 Å². The van der Waals surface area contributed by atoms with Crippen LogP contribution < -0.4 is 4.74 Å². The number of hydrogen-bond donors (Lipinski definition) is 1. The molecule has 1 heterocycles. The highest BCUT2D eigenvalue weighted by atomic mass is 16.5. The number of hydrogen-bond acceptors (Lipinski definition) is 7. The standard InChI is InChI=1S/C13H16N4O4/c1-3-6-17-12(14-15-16-17)8-21-13(19)10-5-4-9(20-2)7-11(10)18/h4-5,7,18H,3,6,8H2,1-2H3. The van der Waals surface area contributed by atoms with E-state index in [1.807, 2.05) is 6.92 Å². The highest BCUT2D eigenvalue weighted by Gasteiger charge is 2.15. The molecule has 21 heavy (non-hydrogen) atoms. The van der Waals surface area contributed by atoms with Crippen molar-refractivity contribution in [2.24, 2.45) is 0 Å². The van der Waals surface area contributed by atoms with Crippen LogP contribution in [-0.2, 0) is 17.9 Å². The van der Waals surface area contributed by atoms with Crippen LogP contribution in [0, 0.1) is 0 Å². The van der Waals surface area contributed by atoms with Crippen molar-refractivity contribution in [3.63, 3.8) is 0 Å². The smallest absolute Gasteiger partial charge is 0.342 e. The Labute approximate surface area is 121 Å². The molecule has 0 spiro atoms. The van der Waals surface area contributed by atoms with Crippen LogP contribution in [0.2, 0.25) is 0 Å². The van der Waals surface area contributed by atoms with Gasteiger partial charge in [-0.2, -0.15) is 0 Å². The summed E-state index contributed by atoms with van der Waals surface area (Å²) in [4.78, 5) is 11.9. The van der Waals surface area contributed by atoms with Crippen molar-refractivity contribution < 1.29 is 19.4 Å². The molecule has 0 bridgehead atoms. The summed E-state index contributed by atoms with van der Waals surface area (Å²) in [6.45, 7) is 2.58. The van der Waals surface area contributed by atoms with Crippen LogP contribution in [0.5, 0.6) is 11.5 Å². The normalized spacial score (nSPS) is 10.4. The van der Waals surface area contributed by atoms with Gasteiger partial charge in [-0.3, -0.25) is 0 Å². The minimum Gasteiger partial charge on any atom is -0.507 e. The van der Waals surface area contributed by atoms with E-state index >= 15 is 0 Å². The van der Waals surface area contributed by atoms with Crippen LogP contribution in [-0.4, -0.2) is 38.4 Å². The van der Waals surface area contributed by atoms with Gasteiger partial charge in [0, 0.05) is 12.6 Å². The van der Waals surface area contributed by atoms with Crippen LogP contribution in [0.4, 0.5) is 0 Å². The molecule has 2 rings (SSSR count). The van der Waals surface area contributed by atoms with E-state index in [4.69, 9.17) is 9.47 Å². The first kappa shape index (κ1) is 14.8. The monoisotopic (exact) mass is 292 g/mol. The van der Waals surface area contributed by atoms with Gasteiger partial charge in [0.2, 0.25) is 0 Å². The van der Waals surface area contributed by atoms with Gasteiger partial charge in [-0.15, -0.1) is 5.10 Å². The molecule has 8 nitrogen and oxygen atoms in total. The van der Waals surface area contributed by atoms with Gasteiger partial charge in [0.25, 0.3) is 0 Å². The number of benzene rings is 1. The number of carbonyl (C=O) groups is 1. The highest BCUT2D eigenvalue weighted by Crippen LogP contribution is 2.24. The molecule has 0 unspecified atom stereocenters. The lowest BCUT2D eigenvalue weighted by molar-refractivity contribution is 0.0453. The maximum Gasteiger partial charge on any atom is 0.342 e. The number of phenolic OH excluding ortho intramolecular Hbond substituents is 1. The molecule has 0 atom stereocenters. The molecule has 0 amide bonds. The van der Waals surface area contributed by atoms with E-state index in [9.17, 15) is 9.90 Å². The lowest BCUT2D eigenvalue weighted by Crippen LogP contribution is -2.11. The third-order valence-corrected chi connectivity index (χ3v) is 2.80. The average Bonchev–Trinajstić information content (AvgIpc) is 2.92. The van der Waals surface area contributed by atoms with E-state index in [-0.39, 0.29) is 17.9 Å². The number of aromatic hydroxyl groups is 1. The summed E-state index contributed by atoms with van der Waals surface area (Å²) in [7, 11) is 1.47. The number of rotatable bonds is 6. The molecular formula is C13H16N4O4. The van der Waals surface area contributed by atoms with Gasteiger partial charge in [0.1, 0.15) is 17.1 Å². The lowest BCUT2D eigenvalue weighted by atomic mass is 10.2. The van der Waals surface area contributed by atoms with Gasteiger partial charge >= 0.3 is 5.97 Å². The number of tetrazole rings is 1. The molecule has 1 aromatic heterocycles. The van der Waals surface area contributed by atoms with Gasteiger partial charge in [-0.25, -0.2) is 9.48 Å². The Morgan fingerprint density at radius 2 is 2.24 bits per heavy atom. The third kappa shape index (κ3) is 3.47. The molecule has 0 saturated carbocycles. The van der Waals surface area contributed by atoms with E-state index in [0.29, 0.717) is 18.1 Å². The fourth-order valence-electron chi connectivity index (χ4n) is 1.73. The molecule has 112 valence electrons. The van der Waals surface area contributed by atoms with Crippen LogP contribution in [0.25, 0.3) is 0 Å². The molecule has 0 radical (unpaired) electrons. The number of methoxy groups -OCH3 is 1. The minimum absolute atomic E-state index is 0.0582. The first-order valence-corrected chi connectivity index (χ1v) is 6.45. The summed E-state index contributed by atoms with van der Waals surface area (Å²) in [6, 6.07) is 4.35. The molecular weight excluding hydrogens is 276 g/mol. The second-order valence-electron chi connectivity index (χ2n) is 4.28. The van der Waals surface area contributed by atoms with Crippen LogP contribution in [0.3, 0.4) is 0 Å².